The van der Waals surface area contributed by atoms with Crippen LogP contribution in [0.2, 0.25) is 0 Å². The third-order valence-corrected chi connectivity index (χ3v) is 6.89. The molecule has 0 saturated heterocycles. The average molecular weight is 571 g/mol. The number of hydrogen-bond donors (Lipinski definition) is 2. The first-order chi connectivity index (χ1) is 15.1. The molecule has 0 aliphatic heterocycles. The number of nitrogens with two attached hydrogens (primary N) is 1. The van der Waals surface area contributed by atoms with Crippen molar-refractivity contribution in [3.8, 4) is 11.1 Å². The van der Waals surface area contributed by atoms with Gasteiger partial charge in [-0.15, -0.1) is 11.3 Å². The summed E-state index contributed by atoms with van der Waals surface area (Å²) in [5.41, 5.74) is 7.15. The Balaban J connectivity index is 2.01. The fraction of sp³-hybridized carbons (Fsp3) is 0.211. The lowest BCUT2D eigenvalue weighted by Crippen LogP contribution is -2.20. The Labute approximate surface area is 197 Å². The zero-order valence-corrected chi connectivity index (χ0v) is 20.0. The maximum absolute atomic E-state index is 13.6. The van der Waals surface area contributed by atoms with Crippen LogP contribution < -0.4 is 11.1 Å². The number of thiophene rings is 1. The number of carbonyl (C=O) groups is 2. The Morgan fingerprint density at radius 1 is 1.19 bits per heavy atom. The first-order valence-corrected chi connectivity index (χ1v) is 11.0. The first-order valence-electron chi connectivity index (χ1n) is 9.13. The van der Waals surface area contributed by atoms with E-state index < -0.39 is 23.9 Å². The molecule has 4 heterocycles. The van der Waals surface area contributed by atoms with Gasteiger partial charge in [-0.2, -0.15) is 10.2 Å². The Morgan fingerprint density at radius 3 is 2.41 bits per heavy atom. The minimum atomic E-state index is -2.83. The fourth-order valence-electron chi connectivity index (χ4n) is 3.34. The molecule has 0 aliphatic rings. The largest absolute Gasteiger partial charge is 0.365 e. The molecular weight excluding hydrogens is 555 g/mol. The van der Waals surface area contributed by atoms with Gasteiger partial charge in [-0.3, -0.25) is 19.0 Å². The van der Waals surface area contributed by atoms with Crippen molar-refractivity contribution in [3.63, 3.8) is 0 Å². The second-order valence-corrected chi connectivity index (χ2v) is 9.09. The number of halogens is 3. The number of rotatable bonds is 5. The highest BCUT2D eigenvalue weighted by Crippen LogP contribution is 2.43. The summed E-state index contributed by atoms with van der Waals surface area (Å²) >= 11 is 2.82. The molecule has 0 saturated carbocycles. The molecule has 166 valence electrons. The van der Waals surface area contributed by atoms with Gasteiger partial charge in [0.05, 0.1) is 21.7 Å². The van der Waals surface area contributed by atoms with Crippen LogP contribution >= 0.6 is 33.9 Å². The molecule has 0 aliphatic carbocycles. The number of primary amides is 1. The van der Waals surface area contributed by atoms with Crippen LogP contribution in [0.4, 0.5) is 14.5 Å². The topological polar surface area (TPSA) is 121 Å². The summed E-state index contributed by atoms with van der Waals surface area (Å²) in [5, 5.41) is 11.3. The lowest BCUT2D eigenvalue weighted by atomic mass is 10.0. The van der Waals surface area contributed by atoms with E-state index in [0.717, 1.165) is 11.3 Å². The highest BCUT2D eigenvalue weighted by atomic mass is 127. The van der Waals surface area contributed by atoms with E-state index in [9.17, 15) is 18.4 Å². The monoisotopic (exact) mass is 571 g/mol. The highest BCUT2D eigenvalue weighted by molar-refractivity contribution is 14.1. The van der Waals surface area contributed by atoms with E-state index in [2.05, 4.69) is 20.5 Å². The Hall–Kier alpha value is -2.94. The molecule has 0 aromatic carbocycles. The Bertz CT molecular complexity index is 1370. The molecule has 32 heavy (non-hydrogen) atoms. The number of anilines is 1. The second kappa shape index (κ2) is 8.20. The van der Waals surface area contributed by atoms with Gasteiger partial charge in [0, 0.05) is 30.7 Å². The predicted molar refractivity (Wildman–Crippen MR) is 124 cm³/mol. The molecule has 4 aromatic rings. The van der Waals surface area contributed by atoms with Crippen molar-refractivity contribution < 1.29 is 18.4 Å². The van der Waals surface area contributed by atoms with E-state index in [1.54, 1.807) is 25.7 Å². The Morgan fingerprint density at radius 2 is 1.88 bits per heavy atom. The molecular formula is C19H16F2IN7O2S. The lowest BCUT2D eigenvalue weighted by molar-refractivity contribution is 0.100. The molecule has 0 fully saturated rings. The van der Waals surface area contributed by atoms with Crippen molar-refractivity contribution in [1.29, 1.82) is 0 Å². The lowest BCUT2D eigenvalue weighted by Gasteiger charge is -2.11. The van der Waals surface area contributed by atoms with Gasteiger partial charge in [-0.1, -0.05) is 0 Å². The molecule has 4 aromatic heterocycles. The van der Waals surface area contributed by atoms with Crippen LogP contribution in [-0.4, -0.2) is 36.4 Å². The number of amides is 2. The van der Waals surface area contributed by atoms with Crippen LogP contribution in [0.5, 0.6) is 0 Å². The highest BCUT2D eigenvalue weighted by Gasteiger charge is 2.27. The van der Waals surface area contributed by atoms with Gasteiger partial charge in [-0.05, 0) is 41.1 Å². The number of pyridine rings is 1. The minimum absolute atomic E-state index is 0.00670. The van der Waals surface area contributed by atoms with Crippen molar-refractivity contribution in [2.24, 2.45) is 19.8 Å². The number of aromatic nitrogens is 5. The van der Waals surface area contributed by atoms with Crippen LogP contribution in [0.25, 0.3) is 21.3 Å². The van der Waals surface area contributed by atoms with Crippen molar-refractivity contribution in [1.82, 2.24) is 24.5 Å². The van der Waals surface area contributed by atoms with Crippen molar-refractivity contribution in [2.45, 2.75) is 13.3 Å². The molecule has 0 spiro atoms. The van der Waals surface area contributed by atoms with Crippen LogP contribution in [0.15, 0.2) is 18.5 Å². The number of fused-ring (bicyclic) bond motifs is 1. The van der Waals surface area contributed by atoms with Crippen molar-refractivity contribution in [2.75, 3.05) is 5.32 Å². The second-order valence-electron chi connectivity index (χ2n) is 6.93. The van der Waals surface area contributed by atoms with Gasteiger partial charge in [-0.25, -0.2) is 13.8 Å². The summed E-state index contributed by atoms with van der Waals surface area (Å²) in [6.07, 6.45) is 0.233. The summed E-state index contributed by atoms with van der Waals surface area (Å²) < 4.78 is 30.8. The molecule has 0 bridgehead atoms. The van der Waals surface area contributed by atoms with Crippen LogP contribution in [0, 0.1) is 10.5 Å². The van der Waals surface area contributed by atoms with Crippen LogP contribution in [0.1, 0.15) is 38.0 Å². The van der Waals surface area contributed by atoms with Crippen molar-refractivity contribution >= 4 is 61.6 Å². The molecule has 2 amide bonds. The predicted octanol–water partition coefficient (Wildman–Crippen LogP) is 3.63. The molecule has 4 rings (SSSR count). The molecule has 0 unspecified atom stereocenters. The average Bonchev–Trinajstić information content (AvgIpc) is 3.37. The summed E-state index contributed by atoms with van der Waals surface area (Å²) in [6.45, 7) is 1.79. The van der Waals surface area contributed by atoms with E-state index in [4.69, 9.17) is 5.73 Å². The van der Waals surface area contributed by atoms with Gasteiger partial charge in [0.25, 0.3) is 18.2 Å². The number of aryl methyl sites for hydroxylation is 2. The zero-order valence-electron chi connectivity index (χ0n) is 17.0. The number of alkyl halides is 2. The smallest absolute Gasteiger partial charge is 0.280 e. The summed E-state index contributed by atoms with van der Waals surface area (Å²) in [4.78, 5) is 29.4. The normalized spacial score (nSPS) is 11.5. The van der Waals surface area contributed by atoms with Gasteiger partial charge in [0.1, 0.15) is 21.1 Å². The third-order valence-electron chi connectivity index (χ3n) is 5.00. The van der Waals surface area contributed by atoms with E-state index in [0.29, 0.717) is 25.8 Å². The molecule has 0 radical (unpaired) electrons. The van der Waals surface area contributed by atoms with Crippen LogP contribution in [-0.2, 0) is 14.1 Å². The number of carbonyl (C=O) groups excluding carboxylic acids is 2. The summed E-state index contributed by atoms with van der Waals surface area (Å²) in [7, 11) is 3.33. The molecule has 3 N–H and O–H groups in total. The number of nitrogens with one attached hydrogen (secondary N) is 1. The first kappa shape index (κ1) is 22.3. The standard InChI is InChI=1S/C19H16F2IN7O2S/c1-7-9(5-24-28(7)2)8-4-11(16(20)21)26-19-12(8)13(15(32-19)17(23)30)27-18(31)14-10(22)6-25-29(14)3/h4-6,16H,1-3H3,(H2,23,30)(H,27,31). The van der Waals surface area contributed by atoms with E-state index in [1.165, 1.54) is 23.1 Å². The quantitative estimate of drug-likeness (QED) is 0.355. The van der Waals surface area contributed by atoms with E-state index >= 15 is 0 Å². The zero-order chi connectivity index (χ0) is 23.3. The summed E-state index contributed by atoms with van der Waals surface area (Å²) in [6, 6.07) is 1.25. The maximum atomic E-state index is 13.6. The SMILES string of the molecule is Cc1c(-c2cc(C(F)F)nc3sc(C(N)=O)c(NC(=O)c4c(I)cnn4C)c23)cnn1C. The molecule has 13 heteroatoms. The van der Waals surface area contributed by atoms with Gasteiger partial charge in [0.2, 0.25) is 0 Å². The third kappa shape index (κ3) is 3.64. The van der Waals surface area contributed by atoms with E-state index in [1.807, 2.05) is 22.6 Å². The van der Waals surface area contributed by atoms with Gasteiger partial charge >= 0.3 is 0 Å². The van der Waals surface area contributed by atoms with Gasteiger partial charge < -0.3 is 11.1 Å². The van der Waals surface area contributed by atoms with Gasteiger partial charge in [0.15, 0.2) is 0 Å². The Kier molecular flexibility index (Phi) is 5.70. The van der Waals surface area contributed by atoms with Crippen LogP contribution in [0.3, 0.4) is 0 Å². The maximum Gasteiger partial charge on any atom is 0.280 e. The number of nitrogens with zero attached hydrogens (tertiary/aromatic N) is 5. The molecule has 9 nitrogen and oxygen atoms in total. The number of hydrogen-bond acceptors (Lipinski definition) is 6. The van der Waals surface area contributed by atoms with Crippen molar-refractivity contribution in [3.05, 3.63) is 44.0 Å². The fourth-order valence-corrected chi connectivity index (χ4v) is 5.07. The summed E-state index contributed by atoms with van der Waals surface area (Å²) in [5.74, 6) is -1.33. The van der Waals surface area contributed by atoms with E-state index in [-0.39, 0.29) is 21.1 Å². The molecule has 0 atom stereocenters. The minimum Gasteiger partial charge on any atom is -0.365 e.